The summed E-state index contributed by atoms with van der Waals surface area (Å²) < 4.78 is 42.7. The van der Waals surface area contributed by atoms with Gasteiger partial charge in [-0.2, -0.15) is 4.99 Å². The first kappa shape index (κ1) is 32.5. The molecular formula is C33H31F3N6O3S. The lowest BCUT2D eigenvalue weighted by molar-refractivity contribution is -0.274. The van der Waals surface area contributed by atoms with E-state index in [0.717, 1.165) is 46.4 Å². The number of hydrogen-bond acceptors (Lipinski definition) is 6. The highest BCUT2D eigenvalue weighted by molar-refractivity contribution is 8.15. The SMILES string of the molecule is CCCc1ccc(C)cc1N1C(=O)CS/C1=N\C(=O)N/C(C)=C(\C)c1ccc(-c2ncn(-c3ccc(OC(F)(F)F)cc3)n2)cc1. The predicted molar refractivity (Wildman–Crippen MR) is 173 cm³/mol. The Morgan fingerprint density at radius 2 is 1.78 bits per heavy atom. The maximum absolute atomic E-state index is 13.0. The van der Waals surface area contributed by atoms with Crippen molar-refractivity contribution in [1.82, 2.24) is 20.1 Å². The van der Waals surface area contributed by atoms with Crippen LogP contribution in [0.25, 0.3) is 22.6 Å². The highest BCUT2D eigenvalue weighted by Crippen LogP contribution is 2.32. The number of aliphatic imine (C=N–C) groups is 1. The first-order chi connectivity index (χ1) is 21.9. The van der Waals surface area contributed by atoms with Crippen molar-refractivity contribution in [1.29, 1.82) is 0 Å². The summed E-state index contributed by atoms with van der Waals surface area (Å²) in [6, 6.07) is 18.1. The number of nitrogens with zero attached hydrogens (tertiary/aromatic N) is 5. The second-order valence-corrected chi connectivity index (χ2v) is 11.5. The van der Waals surface area contributed by atoms with Crippen LogP contribution in [-0.2, 0) is 11.2 Å². The Morgan fingerprint density at radius 1 is 1.07 bits per heavy atom. The van der Waals surface area contributed by atoms with Gasteiger partial charge in [0.05, 0.1) is 17.1 Å². The molecule has 46 heavy (non-hydrogen) atoms. The summed E-state index contributed by atoms with van der Waals surface area (Å²) in [6.07, 6.45) is -1.57. The van der Waals surface area contributed by atoms with Crippen LogP contribution in [0.4, 0.5) is 23.7 Å². The topological polar surface area (TPSA) is 102 Å². The second kappa shape index (κ2) is 13.6. The second-order valence-electron chi connectivity index (χ2n) is 10.6. The van der Waals surface area contributed by atoms with Crippen LogP contribution in [0.3, 0.4) is 0 Å². The number of allylic oxidation sites excluding steroid dienone is 2. The monoisotopic (exact) mass is 648 g/mol. The van der Waals surface area contributed by atoms with Gasteiger partial charge < -0.3 is 10.1 Å². The summed E-state index contributed by atoms with van der Waals surface area (Å²) in [5, 5.41) is 7.61. The van der Waals surface area contributed by atoms with Gasteiger partial charge in [0.1, 0.15) is 12.1 Å². The maximum atomic E-state index is 13.0. The van der Waals surface area contributed by atoms with Crippen molar-refractivity contribution in [2.45, 2.75) is 46.9 Å². The molecule has 1 saturated heterocycles. The molecule has 4 aromatic rings. The van der Waals surface area contributed by atoms with Crippen LogP contribution in [0.5, 0.6) is 5.75 Å². The third-order valence-corrected chi connectivity index (χ3v) is 8.15. The summed E-state index contributed by atoms with van der Waals surface area (Å²) in [5.74, 6) is 0.193. The van der Waals surface area contributed by atoms with Crippen molar-refractivity contribution in [3.63, 3.8) is 0 Å². The largest absolute Gasteiger partial charge is 0.573 e. The van der Waals surface area contributed by atoms with Crippen LogP contribution >= 0.6 is 11.8 Å². The molecule has 0 bridgehead atoms. The summed E-state index contributed by atoms with van der Waals surface area (Å²) in [6.45, 7) is 7.70. The standard InChI is InChI=1S/C33H31F3N6O3S/c1-5-6-24-8-7-20(2)17-28(24)42-29(43)18-46-32(42)39-31(44)38-22(4)21(3)23-9-11-25(12-10-23)30-37-19-41(40-30)26-13-15-27(16-14-26)45-33(34,35)36/h7-17,19H,5-6,18H2,1-4H3,(H,38,44)/b22-21+,39-32-. The van der Waals surface area contributed by atoms with E-state index in [1.165, 1.54) is 47.0 Å². The molecule has 0 unspecified atom stereocenters. The molecule has 9 nitrogen and oxygen atoms in total. The molecule has 1 N–H and O–H groups in total. The Labute approximate surface area is 268 Å². The molecule has 1 aromatic heterocycles. The van der Waals surface area contributed by atoms with Crippen molar-refractivity contribution in [2.75, 3.05) is 10.7 Å². The quantitative estimate of drug-likeness (QED) is 0.210. The van der Waals surface area contributed by atoms with Crippen LogP contribution in [0.15, 0.2) is 83.7 Å². The molecule has 0 saturated carbocycles. The van der Waals surface area contributed by atoms with E-state index in [4.69, 9.17) is 0 Å². The first-order valence-corrected chi connectivity index (χ1v) is 15.4. The number of rotatable bonds is 8. The molecule has 5 rings (SSSR count). The van der Waals surface area contributed by atoms with Crippen LogP contribution in [-0.4, -0.2) is 44.0 Å². The van der Waals surface area contributed by atoms with Crippen LogP contribution in [0, 0.1) is 6.92 Å². The van der Waals surface area contributed by atoms with Crippen molar-refractivity contribution >= 4 is 40.1 Å². The summed E-state index contributed by atoms with van der Waals surface area (Å²) >= 11 is 1.24. The molecule has 0 radical (unpaired) electrons. The molecule has 238 valence electrons. The normalized spacial score (nSPS) is 14.9. The number of carbonyl (C=O) groups excluding carboxylic acids is 2. The molecule has 2 heterocycles. The minimum atomic E-state index is -4.77. The van der Waals surface area contributed by atoms with Gasteiger partial charge in [0.2, 0.25) is 5.91 Å². The molecule has 1 fully saturated rings. The van der Waals surface area contributed by atoms with E-state index < -0.39 is 12.4 Å². The van der Waals surface area contributed by atoms with E-state index in [2.05, 4.69) is 32.1 Å². The average molecular weight is 649 g/mol. The number of alkyl halides is 3. The van der Waals surface area contributed by atoms with Gasteiger partial charge in [-0.15, -0.1) is 18.3 Å². The Morgan fingerprint density at radius 3 is 2.46 bits per heavy atom. The lowest BCUT2D eigenvalue weighted by Crippen LogP contribution is -2.32. The van der Waals surface area contributed by atoms with Gasteiger partial charge in [-0.05, 0) is 79.8 Å². The number of amidine groups is 1. The number of anilines is 1. The molecule has 1 aliphatic heterocycles. The smallest absolute Gasteiger partial charge is 0.406 e. The molecule has 3 aromatic carbocycles. The van der Waals surface area contributed by atoms with E-state index in [9.17, 15) is 22.8 Å². The Bertz CT molecular complexity index is 1820. The zero-order valence-electron chi connectivity index (χ0n) is 25.6. The van der Waals surface area contributed by atoms with Gasteiger partial charge >= 0.3 is 12.4 Å². The number of aromatic nitrogens is 3. The van der Waals surface area contributed by atoms with Crippen molar-refractivity contribution in [3.8, 4) is 22.8 Å². The van der Waals surface area contributed by atoms with E-state index >= 15 is 0 Å². The zero-order chi connectivity index (χ0) is 33.0. The fourth-order valence-corrected chi connectivity index (χ4v) is 5.68. The molecule has 1 aliphatic rings. The fourth-order valence-electron chi connectivity index (χ4n) is 4.82. The molecule has 3 amide bonds. The first-order valence-electron chi connectivity index (χ1n) is 14.4. The Balaban J connectivity index is 1.27. The number of thioether (sulfide) groups is 1. The third-order valence-electron chi connectivity index (χ3n) is 7.22. The Kier molecular flexibility index (Phi) is 9.61. The lowest BCUT2D eigenvalue weighted by atomic mass is 10.0. The summed E-state index contributed by atoms with van der Waals surface area (Å²) in [4.78, 5) is 35.9. The minimum absolute atomic E-state index is 0.115. The van der Waals surface area contributed by atoms with Crippen LogP contribution in [0.1, 0.15) is 43.9 Å². The summed E-state index contributed by atoms with van der Waals surface area (Å²) in [7, 11) is 0. The number of hydrogen-bond donors (Lipinski definition) is 1. The molecule has 0 spiro atoms. The third kappa shape index (κ3) is 7.65. The van der Waals surface area contributed by atoms with Gasteiger partial charge in [0.25, 0.3) is 0 Å². The van der Waals surface area contributed by atoms with E-state index in [1.807, 2.05) is 56.3 Å². The number of benzene rings is 3. The number of nitrogens with one attached hydrogen (secondary N) is 1. The number of aryl methyl sites for hydroxylation is 2. The number of urea groups is 1. The van der Waals surface area contributed by atoms with Crippen LogP contribution < -0.4 is 15.0 Å². The number of halogens is 3. The lowest BCUT2D eigenvalue weighted by Gasteiger charge is -2.20. The van der Waals surface area contributed by atoms with E-state index in [0.29, 0.717) is 22.4 Å². The highest BCUT2D eigenvalue weighted by atomic mass is 32.2. The minimum Gasteiger partial charge on any atom is -0.406 e. The van der Waals surface area contributed by atoms with Gasteiger partial charge in [-0.1, -0.05) is 61.5 Å². The van der Waals surface area contributed by atoms with Gasteiger partial charge in [-0.3, -0.25) is 9.69 Å². The Hall–Kier alpha value is -4.91. The fraction of sp³-hybridized carbons (Fsp3) is 0.242. The zero-order valence-corrected chi connectivity index (χ0v) is 26.4. The summed E-state index contributed by atoms with van der Waals surface area (Å²) in [5.41, 5.74) is 6.32. The number of ether oxygens (including phenoxy) is 1. The molecule has 0 atom stereocenters. The maximum Gasteiger partial charge on any atom is 0.573 e. The van der Waals surface area contributed by atoms with Crippen molar-refractivity contribution in [3.05, 3.63) is 95.4 Å². The highest BCUT2D eigenvalue weighted by Gasteiger charge is 2.32. The molecule has 13 heteroatoms. The molecule has 0 aliphatic carbocycles. The van der Waals surface area contributed by atoms with E-state index in [-0.39, 0.29) is 17.4 Å². The number of amides is 3. The molecular weight excluding hydrogens is 617 g/mol. The van der Waals surface area contributed by atoms with Crippen molar-refractivity contribution < 1.29 is 27.5 Å². The van der Waals surface area contributed by atoms with Crippen molar-refractivity contribution in [2.24, 2.45) is 4.99 Å². The van der Waals surface area contributed by atoms with E-state index in [1.54, 1.807) is 11.8 Å². The average Bonchev–Trinajstić information content (AvgIpc) is 3.64. The van der Waals surface area contributed by atoms with Gasteiger partial charge in [0, 0.05) is 11.3 Å². The number of carbonyl (C=O) groups is 2. The van der Waals surface area contributed by atoms with Crippen LogP contribution in [0.2, 0.25) is 0 Å². The van der Waals surface area contributed by atoms with Gasteiger partial charge in [-0.25, -0.2) is 14.5 Å². The predicted octanol–water partition coefficient (Wildman–Crippen LogP) is 7.69. The van der Waals surface area contributed by atoms with Gasteiger partial charge in [0.15, 0.2) is 11.0 Å².